The van der Waals surface area contributed by atoms with E-state index >= 15 is 0 Å². The molecule has 27 heavy (non-hydrogen) atoms. The maximum atomic E-state index is 12.2. The number of ether oxygens (including phenoxy) is 4. The van der Waals surface area contributed by atoms with Gasteiger partial charge in [0.25, 0.3) is 0 Å². The Morgan fingerprint density at radius 1 is 1.07 bits per heavy atom. The van der Waals surface area contributed by atoms with Crippen molar-refractivity contribution in [3.05, 3.63) is 0 Å². The van der Waals surface area contributed by atoms with E-state index in [4.69, 9.17) is 18.9 Å². The summed E-state index contributed by atoms with van der Waals surface area (Å²) in [6.07, 6.45) is 4.35. The van der Waals surface area contributed by atoms with Crippen LogP contribution in [0.2, 0.25) is 0 Å². The molecule has 152 valence electrons. The molecule has 2 saturated heterocycles. The minimum absolute atomic E-state index is 0.0594. The van der Waals surface area contributed by atoms with Crippen LogP contribution in [0, 0.1) is 22.7 Å². The van der Waals surface area contributed by atoms with E-state index < -0.39 is 11.9 Å². The maximum absolute atomic E-state index is 12.2. The molecule has 4 fully saturated rings. The highest BCUT2D eigenvalue weighted by atomic mass is 16.8. The minimum Gasteiger partial charge on any atom is -0.467 e. The molecule has 6 heteroatoms. The number of fused-ring (bicyclic) bond motifs is 3. The van der Waals surface area contributed by atoms with Crippen molar-refractivity contribution in [1.29, 1.82) is 0 Å². The van der Waals surface area contributed by atoms with Crippen molar-refractivity contribution in [3.8, 4) is 0 Å². The van der Waals surface area contributed by atoms with E-state index in [0.717, 1.165) is 32.1 Å². The van der Waals surface area contributed by atoms with Crippen molar-refractivity contribution in [1.82, 2.24) is 0 Å². The number of rotatable bonds is 2. The smallest absolute Gasteiger partial charge is 0.337 e. The van der Waals surface area contributed by atoms with E-state index in [0.29, 0.717) is 6.42 Å². The monoisotopic (exact) mass is 380 g/mol. The largest absolute Gasteiger partial charge is 0.467 e. The lowest BCUT2D eigenvalue weighted by molar-refractivity contribution is -0.318. The zero-order valence-corrected chi connectivity index (χ0v) is 17.1. The van der Waals surface area contributed by atoms with Gasteiger partial charge in [-0.25, -0.2) is 4.79 Å². The predicted octanol–water partition coefficient (Wildman–Crippen LogP) is 3.22. The Kier molecular flexibility index (Phi) is 4.39. The zero-order chi connectivity index (χ0) is 19.6. The number of esters is 2. The molecule has 2 bridgehead atoms. The molecule has 0 aromatic heterocycles. The molecule has 0 unspecified atom stereocenters. The van der Waals surface area contributed by atoms with Crippen LogP contribution in [0.5, 0.6) is 0 Å². The van der Waals surface area contributed by atoms with Gasteiger partial charge < -0.3 is 18.9 Å². The number of methoxy groups -OCH3 is 1. The molecule has 0 N–H and O–H groups in total. The summed E-state index contributed by atoms with van der Waals surface area (Å²) < 4.78 is 23.5. The molecule has 0 aromatic carbocycles. The lowest BCUT2D eigenvalue weighted by Gasteiger charge is -2.64. The third kappa shape index (κ3) is 2.74. The lowest BCUT2D eigenvalue weighted by atomic mass is 9.45. The first-order valence-corrected chi connectivity index (χ1v) is 10.2. The first kappa shape index (κ1) is 19.2. The SMILES string of the molecule is COC(=O)[C@H]1O[C@]23C[C@H](OC(C)=O)[C@H]4C(C)(C)CCC[C@]4(C)[C@@H]2CC[C@H]1O3. The van der Waals surface area contributed by atoms with Crippen molar-refractivity contribution in [2.24, 2.45) is 22.7 Å². The van der Waals surface area contributed by atoms with E-state index in [-0.39, 0.29) is 46.8 Å². The van der Waals surface area contributed by atoms with Gasteiger partial charge in [-0.2, -0.15) is 0 Å². The Morgan fingerprint density at radius 2 is 1.81 bits per heavy atom. The summed E-state index contributed by atoms with van der Waals surface area (Å²) in [5, 5.41) is 0. The van der Waals surface area contributed by atoms with Crippen LogP contribution in [0.25, 0.3) is 0 Å². The second-order valence-corrected chi connectivity index (χ2v) is 9.84. The molecule has 0 amide bonds. The van der Waals surface area contributed by atoms with Gasteiger partial charge in [-0.15, -0.1) is 0 Å². The molecule has 4 aliphatic rings. The topological polar surface area (TPSA) is 71.1 Å². The second kappa shape index (κ2) is 6.18. The highest BCUT2D eigenvalue weighted by Crippen LogP contribution is 2.67. The van der Waals surface area contributed by atoms with Crippen molar-refractivity contribution in [2.45, 2.75) is 90.3 Å². The molecule has 2 heterocycles. The Bertz CT molecular complexity index is 645. The predicted molar refractivity (Wildman–Crippen MR) is 96.6 cm³/mol. The molecular weight excluding hydrogens is 348 g/mol. The average molecular weight is 380 g/mol. The normalized spacial score (nSPS) is 47.5. The summed E-state index contributed by atoms with van der Waals surface area (Å²) in [5.41, 5.74) is 0.0159. The summed E-state index contributed by atoms with van der Waals surface area (Å²) in [7, 11) is 1.38. The third-order valence-electron chi connectivity index (χ3n) is 7.78. The van der Waals surface area contributed by atoms with Gasteiger partial charge in [0, 0.05) is 25.2 Å². The summed E-state index contributed by atoms with van der Waals surface area (Å²) in [5.74, 6) is -1.07. The fraction of sp³-hybridized carbons (Fsp3) is 0.905. The first-order chi connectivity index (χ1) is 12.6. The summed E-state index contributed by atoms with van der Waals surface area (Å²) in [6, 6.07) is 0. The molecule has 7 atom stereocenters. The number of hydrogen-bond donors (Lipinski definition) is 0. The van der Waals surface area contributed by atoms with Crippen molar-refractivity contribution in [2.75, 3.05) is 7.11 Å². The molecular formula is C21H32O6. The van der Waals surface area contributed by atoms with Crippen LogP contribution >= 0.6 is 0 Å². The Labute approximate surface area is 161 Å². The van der Waals surface area contributed by atoms with Gasteiger partial charge in [-0.05, 0) is 36.5 Å². The van der Waals surface area contributed by atoms with E-state index in [1.807, 2.05) is 0 Å². The standard InChI is InChI=1S/C21H32O6/c1-12(22)25-14-11-21-15(20(4)10-6-9-19(2,3)17(14)20)8-7-13(26-21)16(27-21)18(23)24-5/h13-17H,6-11H2,1-5H3/t13-,14+,15+,16+,17+,20-,21-/m1/s1. The average Bonchev–Trinajstić information content (AvgIpc) is 2.83. The summed E-state index contributed by atoms with van der Waals surface area (Å²) in [6.45, 7) is 8.37. The van der Waals surface area contributed by atoms with Crippen LogP contribution in [0.4, 0.5) is 0 Å². The highest BCUT2D eigenvalue weighted by molar-refractivity contribution is 5.75. The molecule has 0 aromatic rings. The Morgan fingerprint density at radius 3 is 2.48 bits per heavy atom. The van der Waals surface area contributed by atoms with Crippen molar-refractivity contribution >= 4 is 11.9 Å². The Hall–Kier alpha value is -1.14. The number of carbonyl (C=O) groups excluding carboxylic acids is 2. The molecule has 0 radical (unpaired) electrons. The maximum Gasteiger partial charge on any atom is 0.337 e. The van der Waals surface area contributed by atoms with Gasteiger partial charge in [0.15, 0.2) is 11.9 Å². The van der Waals surface area contributed by atoms with Gasteiger partial charge in [-0.1, -0.05) is 27.2 Å². The van der Waals surface area contributed by atoms with Crippen LogP contribution in [0.15, 0.2) is 0 Å². The van der Waals surface area contributed by atoms with Crippen LogP contribution < -0.4 is 0 Å². The van der Waals surface area contributed by atoms with Crippen LogP contribution in [0.3, 0.4) is 0 Å². The van der Waals surface area contributed by atoms with E-state index in [1.54, 1.807) is 0 Å². The molecule has 4 rings (SSSR count). The van der Waals surface area contributed by atoms with E-state index in [9.17, 15) is 9.59 Å². The van der Waals surface area contributed by atoms with Gasteiger partial charge >= 0.3 is 11.9 Å². The van der Waals surface area contributed by atoms with Gasteiger partial charge in [0.1, 0.15) is 6.10 Å². The van der Waals surface area contributed by atoms with Gasteiger partial charge in [0.05, 0.1) is 13.2 Å². The van der Waals surface area contributed by atoms with Crippen molar-refractivity contribution < 1.29 is 28.5 Å². The molecule has 2 aliphatic heterocycles. The Balaban J connectivity index is 1.75. The van der Waals surface area contributed by atoms with Crippen LogP contribution in [-0.2, 0) is 28.5 Å². The fourth-order valence-electron chi connectivity index (χ4n) is 7.12. The number of hydrogen-bond acceptors (Lipinski definition) is 6. The lowest BCUT2D eigenvalue weighted by Crippen LogP contribution is -2.65. The third-order valence-corrected chi connectivity index (χ3v) is 7.78. The van der Waals surface area contributed by atoms with Crippen molar-refractivity contribution in [3.63, 3.8) is 0 Å². The number of carbonyl (C=O) groups is 2. The molecule has 6 nitrogen and oxygen atoms in total. The van der Waals surface area contributed by atoms with Gasteiger partial charge in [0.2, 0.25) is 0 Å². The molecule has 1 spiro atoms. The first-order valence-electron chi connectivity index (χ1n) is 10.2. The quantitative estimate of drug-likeness (QED) is 0.685. The van der Waals surface area contributed by atoms with E-state index in [1.165, 1.54) is 14.0 Å². The highest BCUT2D eigenvalue weighted by Gasteiger charge is 2.70. The van der Waals surface area contributed by atoms with Crippen LogP contribution in [0.1, 0.15) is 66.2 Å². The second-order valence-electron chi connectivity index (χ2n) is 9.84. The van der Waals surface area contributed by atoms with Gasteiger partial charge in [-0.3, -0.25) is 4.79 Å². The van der Waals surface area contributed by atoms with Crippen LogP contribution in [-0.4, -0.2) is 43.1 Å². The minimum atomic E-state index is -0.861. The molecule has 2 aliphatic carbocycles. The summed E-state index contributed by atoms with van der Waals surface area (Å²) in [4.78, 5) is 24.1. The van der Waals surface area contributed by atoms with E-state index in [2.05, 4.69) is 20.8 Å². The zero-order valence-electron chi connectivity index (χ0n) is 17.1. The summed E-state index contributed by atoms with van der Waals surface area (Å²) >= 11 is 0. The fourth-order valence-corrected chi connectivity index (χ4v) is 7.12. The molecule has 2 saturated carbocycles.